The van der Waals surface area contributed by atoms with E-state index in [1.807, 2.05) is 43.3 Å². The summed E-state index contributed by atoms with van der Waals surface area (Å²) in [5.74, 6) is -0.456. The average Bonchev–Trinajstić information content (AvgIpc) is 3.05. The first-order chi connectivity index (χ1) is 12.5. The Labute approximate surface area is 152 Å². The van der Waals surface area contributed by atoms with Crippen LogP contribution in [0, 0.1) is 0 Å². The Kier molecular flexibility index (Phi) is 4.17. The number of aliphatic hydroxyl groups excluding tert-OH is 1. The number of carbonyl (C=O) groups is 2. The highest BCUT2D eigenvalue weighted by Gasteiger charge is 2.34. The first-order valence-corrected chi connectivity index (χ1v) is 8.97. The lowest BCUT2D eigenvalue weighted by molar-refractivity contribution is 0.0601. The van der Waals surface area contributed by atoms with Crippen molar-refractivity contribution in [3.63, 3.8) is 0 Å². The number of carbonyl (C=O) groups excluding carboxylic acids is 2. The first-order valence-electron chi connectivity index (χ1n) is 8.97. The van der Waals surface area contributed by atoms with E-state index in [-0.39, 0.29) is 17.9 Å². The number of likely N-dealkylation sites (N-methyl/N-ethyl adjacent to an activating group) is 1. The summed E-state index contributed by atoms with van der Waals surface area (Å²) in [6.45, 7) is 2.36. The molecule has 6 heteroatoms. The zero-order chi connectivity index (χ0) is 18.4. The van der Waals surface area contributed by atoms with E-state index < -0.39 is 0 Å². The van der Waals surface area contributed by atoms with Gasteiger partial charge in [-0.15, -0.1) is 0 Å². The van der Waals surface area contributed by atoms with Crippen molar-refractivity contribution in [1.29, 1.82) is 0 Å². The monoisotopic (exact) mass is 353 g/mol. The highest BCUT2D eigenvalue weighted by Crippen LogP contribution is 2.36. The Bertz CT molecular complexity index is 871. The molecule has 1 atom stereocenters. The molecule has 2 aromatic carbocycles. The summed E-state index contributed by atoms with van der Waals surface area (Å²) in [6, 6.07) is 9.39. The normalized spacial score (nSPS) is 19.9. The molecule has 0 aliphatic carbocycles. The van der Waals surface area contributed by atoms with Crippen LogP contribution in [-0.2, 0) is 0 Å². The predicted octanol–water partition coefficient (Wildman–Crippen LogP) is 1.57. The van der Waals surface area contributed by atoms with Gasteiger partial charge in [0.15, 0.2) is 0 Å². The Morgan fingerprint density at radius 1 is 1.12 bits per heavy atom. The molecule has 0 saturated carbocycles. The molecule has 1 fully saturated rings. The zero-order valence-electron chi connectivity index (χ0n) is 15.1. The van der Waals surface area contributed by atoms with Gasteiger partial charge in [0, 0.05) is 53.8 Å². The number of nitrogens with zero attached hydrogens (tertiary/aromatic N) is 3. The molecule has 0 unspecified atom stereocenters. The quantitative estimate of drug-likeness (QED) is 0.846. The maximum atomic E-state index is 12.9. The van der Waals surface area contributed by atoms with Crippen LogP contribution in [0.25, 0.3) is 10.8 Å². The van der Waals surface area contributed by atoms with Gasteiger partial charge in [0.05, 0.1) is 6.10 Å². The van der Waals surface area contributed by atoms with Gasteiger partial charge in [0.25, 0.3) is 11.8 Å². The van der Waals surface area contributed by atoms with Crippen LogP contribution in [0.1, 0.15) is 27.1 Å². The van der Waals surface area contributed by atoms with Crippen LogP contribution in [0.2, 0.25) is 0 Å². The van der Waals surface area contributed by atoms with Gasteiger partial charge in [-0.25, -0.2) is 0 Å². The van der Waals surface area contributed by atoms with Gasteiger partial charge < -0.3 is 14.9 Å². The number of rotatable bonds is 4. The predicted molar refractivity (Wildman–Crippen MR) is 101 cm³/mol. The molecule has 2 aliphatic heterocycles. The van der Waals surface area contributed by atoms with Crippen molar-refractivity contribution >= 4 is 28.3 Å². The fourth-order valence-corrected chi connectivity index (χ4v) is 3.87. The maximum Gasteiger partial charge on any atom is 0.261 e. The number of benzene rings is 2. The molecule has 1 saturated heterocycles. The summed E-state index contributed by atoms with van der Waals surface area (Å²) in [7, 11) is 3.84. The standard InChI is InChI=1S/C20H23N3O3/c1-21(2)10-11-23-19(25)15-5-3-4-14-17(22-9-8-13(24)12-22)7-6-16(18(14)15)20(23)26/h3-7,13,24H,8-12H2,1-2H3/t13-/m0/s1. The van der Waals surface area contributed by atoms with Crippen molar-refractivity contribution in [2.24, 2.45) is 0 Å². The Balaban J connectivity index is 1.81. The molecule has 6 nitrogen and oxygen atoms in total. The van der Waals surface area contributed by atoms with Crippen molar-refractivity contribution in [2.75, 3.05) is 45.2 Å². The molecule has 2 aliphatic rings. The minimum atomic E-state index is -0.328. The summed E-state index contributed by atoms with van der Waals surface area (Å²) in [5, 5.41) is 11.5. The van der Waals surface area contributed by atoms with Crippen LogP contribution >= 0.6 is 0 Å². The smallest absolute Gasteiger partial charge is 0.261 e. The molecule has 0 radical (unpaired) electrons. The van der Waals surface area contributed by atoms with Crippen LogP contribution in [0.15, 0.2) is 30.3 Å². The molecule has 2 aromatic rings. The second-order valence-corrected chi connectivity index (χ2v) is 7.31. The molecule has 0 aromatic heterocycles. The van der Waals surface area contributed by atoms with Crippen molar-refractivity contribution < 1.29 is 14.7 Å². The van der Waals surface area contributed by atoms with E-state index in [0.29, 0.717) is 30.8 Å². The molecule has 0 bridgehead atoms. The van der Waals surface area contributed by atoms with Gasteiger partial charge in [-0.3, -0.25) is 14.5 Å². The van der Waals surface area contributed by atoms with E-state index in [4.69, 9.17) is 0 Å². The second-order valence-electron chi connectivity index (χ2n) is 7.31. The topological polar surface area (TPSA) is 64.1 Å². The minimum absolute atomic E-state index is 0.228. The van der Waals surface area contributed by atoms with Crippen molar-refractivity contribution in [2.45, 2.75) is 12.5 Å². The summed E-state index contributed by atoms with van der Waals surface area (Å²) < 4.78 is 0. The van der Waals surface area contributed by atoms with Crippen molar-refractivity contribution in [3.05, 3.63) is 41.5 Å². The minimum Gasteiger partial charge on any atom is -0.391 e. The van der Waals surface area contributed by atoms with E-state index in [1.165, 1.54) is 4.90 Å². The fourth-order valence-electron chi connectivity index (χ4n) is 3.87. The molecule has 4 rings (SSSR count). The van der Waals surface area contributed by atoms with Gasteiger partial charge in [-0.05, 0) is 38.7 Å². The van der Waals surface area contributed by atoms with E-state index in [0.717, 1.165) is 29.4 Å². The van der Waals surface area contributed by atoms with Crippen LogP contribution < -0.4 is 4.90 Å². The Morgan fingerprint density at radius 3 is 2.50 bits per heavy atom. The largest absolute Gasteiger partial charge is 0.391 e. The summed E-state index contributed by atoms with van der Waals surface area (Å²) in [6.07, 6.45) is 0.407. The van der Waals surface area contributed by atoms with E-state index in [1.54, 1.807) is 6.07 Å². The highest BCUT2D eigenvalue weighted by molar-refractivity contribution is 6.26. The third-order valence-electron chi connectivity index (χ3n) is 5.24. The van der Waals surface area contributed by atoms with Crippen molar-refractivity contribution in [3.8, 4) is 0 Å². The average molecular weight is 353 g/mol. The van der Waals surface area contributed by atoms with E-state index >= 15 is 0 Å². The molecular weight excluding hydrogens is 330 g/mol. The Morgan fingerprint density at radius 2 is 1.85 bits per heavy atom. The Hall–Kier alpha value is -2.44. The molecule has 0 spiro atoms. The van der Waals surface area contributed by atoms with E-state index in [2.05, 4.69) is 4.90 Å². The van der Waals surface area contributed by atoms with Crippen LogP contribution in [-0.4, -0.2) is 73.1 Å². The molecule has 2 amide bonds. The number of hydrogen-bond donors (Lipinski definition) is 1. The van der Waals surface area contributed by atoms with Crippen molar-refractivity contribution in [1.82, 2.24) is 9.80 Å². The van der Waals surface area contributed by atoms with Crippen LogP contribution in [0.3, 0.4) is 0 Å². The highest BCUT2D eigenvalue weighted by atomic mass is 16.3. The van der Waals surface area contributed by atoms with Crippen LogP contribution in [0.4, 0.5) is 5.69 Å². The lowest BCUT2D eigenvalue weighted by Gasteiger charge is -2.29. The first kappa shape index (κ1) is 17.0. The lowest BCUT2D eigenvalue weighted by Crippen LogP contribution is -2.43. The number of hydrogen-bond acceptors (Lipinski definition) is 5. The van der Waals surface area contributed by atoms with E-state index in [9.17, 15) is 14.7 Å². The SMILES string of the molecule is CN(C)CCN1C(=O)c2cccc3c(N4CC[C@H](O)C4)ccc(c23)C1=O. The number of imide groups is 1. The maximum absolute atomic E-state index is 12.9. The molecule has 26 heavy (non-hydrogen) atoms. The fraction of sp³-hybridized carbons (Fsp3) is 0.400. The van der Waals surface area contributed by atoms with Gasteiger partial charge in [0.2, 0.25) is 0 Å². The number of amides is 2. The molecule has 2 heterocycles. The summed E-state index contributed by atoms with van der Waals surface area (Å²) >= 11 is 0. The number of aliphatic hydroxyl groups is 1. The second kappa shape index (κ2) is 6.37. The molecular formula is C20H23N3O3. The third-order valence-corrected chi connectivity index (χ3v) is 5.24. The summed E-state index contributed by atoms with van der Waals surface area (Å²) in [5.41, 5.74) is 2.14. The van der Waals surface area contributed by atoms with Gasteiger partial charge >= 0.3 is 0 Å². The number of anilines is 1. The van der Waals surface area contributed by atoms with Gasteiger partial charge in [-0.1, -0.05) is 12.1 Å². The number of β-amino-alcohol motifs (C(OH)–C–C–N with tert-alkyl or cyclic N) is 1. The van der Waals surface area contributed by atoms with Gasteiger partial charge in [0.1, 0.15) is 0 Å². The summed E-state index contributed by atoms with van der Waals surface area (Å²) in [4.78, 5) is 31.3. The third kappa shape index (κ3) is 2.66. The lowest BCUT2D eigenvalue weighted by atomic mass is 9.92. The van der Waals surface area contributed by atoms with Crippen LogP contribution in [0.5, 0.6) is 0 Å². The van der Waals surface area contributed by atoms with Gasteiger partial charge in [-0.2, -0.15) is 0 Å². The molecule has 1 N–H and O–H groups in total. The zero-order valence-corrected chi connectivity index (χ0v) is 15.1. The molecule has 136 valence electrons.